The number of nitrogens with one attached hydrogen (secondary N) is 1. The predicted octanol–water partition coefficient (Wildman–Crippen LogP) is 2.41. The fourth-order valence-electron chi connectivity index (χ4n) is 2.73. The Hall–Kier alpha value is -3.49. The first kappa shape index (κ1) is 19.3. The van der Waals surface area contributed by atoms with E-state index in [1.807, 2.05) is 0 Å². The number of carbonyl (C=O) groups excluding carboxylic acids is 2. The summed E-state index contributed by atoms with van der Waals surface area (Å²) in [7, 11) is 0. The Balaban J connectivity index is 1.84. The highest BCUT2D eigenvalue weighted by molar-refractivity contribution is 5.99. The summed E-state index contributed by atoms with van der Waals surface area (Å²) < 4.78 is 31.9. The number of carboxylic acid groups (broad SMARTS) is 1. The van der Waals surface area contributed by atoms with Crippen molar-refractivity contribution in [1.29, 1.82) is 0 Å². The van der Waals surface area contributed by atoms with Gasteiger partial charge < -0.3 is 20.1 Å². The summed E-state index contributed by atoms with van der Waals surface area (Å²) in [5.41, 5.74) is 0.951. The van der Waals surface area contributed by atoms with Gasteiger partial charge in [0.1, 0.15) is 5.75 Å². The molecule has 0 bridgehead atoms. The highest BCUT2D eigenvalue weighted by atomic mass is 19.2. The number of fused-ring (bicyclic) bond motifs is 1. The molecule has 2 amide bonds. The van der Waals surface area contributed by atoms with E-state index in [4.69, 9.17) is 9.84 Å². The summed E-state index contributed by atoms with van der Waals surface area (Å²) in [5, 5.41) is 11.5. The minimum Gasteiger partial charge on any atom is -0.482 e. The quantitative estimate of drug-likeness (QED) is 0.790. The number of amides is 2. The van der Waals surface area contributed by atoms with E-state index < -0.39 is 23.5 Å². The molecular weight excluding hydrogens is 374 g/mol. The smallest absolute Gasteiger partial charge is 0.305 e. The molecule has 0 spiro atoms. The van der Waals surface area contributed by atoms with Gasteiger partial charge in [0.05, 0.1) is 12.1 Å². The molecule has 0 atom stereocenters. The van der Waals surface area contributed by atoms with Gasteiger partial charge >= 0.3 is 5.97 Å². The normalized spacial score (nSPS) is 12.6. The average molecular weight is 390 g/mol. The maximum Gasteiger partial charge on any atom is 0.305 e. The number of carboxylic acids is 1. The van der Waals surface area contributed by atoms with Crippen LogP contribution in [0.2, 0.25) is 0 Å². The molecule has 0 aromatic heterocycles. The fourth-order valence-corrected chi connectivity index (χ4v) is 2.73. The van der Waals surface area contributed by atoms with Gasteiger partial charge in [-0.1, -0.05) is 6.07 Å². The zero-order chi connectivity index (χ0) is 20.3. The largest absolute Gasteiger partial charge is 0.482 e. The first-order valence-corrected chi connectivity index (χ1v) is 8.35. The van der Waals surface area contributed by atoms with Crippen molar-refractivity contribution in [2.45, 2.75) is 13.0 Å². The molecule has 2 aromatic carbocycles. The van der Waals surface area contributed by atoms with E-state index in [-0.39, 0.29) is 37.6 Å². The summed E-state index contributed by atoms with van der Waals surface area (Å²) in [4.78, 5) is 36.4. The first-order valence-electron chi connectivity index (χ1n) is 8.35. The van der Waals surface area contributed by atoms with Crippen molar-refractivity contribution in [3.63, 3.8) is 0 Å². The van der Waals surface area contributed by atoms with Crippen LogP contribution in [-0.2, 0) is 16.1 Å². The Morgan fingerprint density at radius 3 is 2.64 bits per heavy atom. The Bertz CT molecular complexity index is 948. The van der Waals surface area contributed by atoms with Crippen LogP contribution in [0.15, 0.2) is 36.4 Å². The number of ether oxygens (including phenoxy) is 1. The molecule has 146 valence electrons. The lowest BCUT2D eigenvalue weighted by Gasteiger charge is -2.24. The van der Waals surface area contributed by atoms with Crippen molar-refractivity contribution in [2.75, 3.05) is 18.5 Å². The third-order valence-electron chi connectivity index (χ3n) is 4.10. The van der Waals surface area contributed by atoms with Crippen molar-refractivity contribution >= 4 is 23.5 Å². The van der Waals surface area contributed by atoms with Crippen LogP contribution in [0.5, 0.6) is 5.75 Å². The SMILES string of the molecule is O=C(O)CCN(Cc1ccc(F)c(F)c1)C(=O)c1ccc2c(c1)OCC(=O)N2. The van der Waals surface area contributed by atoms with Gasteiger partial charge in [-0.3, -0.25) is 14.4 Å². The summed E-state index contributed by atoms with van der Waals surface area (Å²) in [6.45, 7) is -0.401. The van der Waals surface area contributed by atoms with Gasteiger partial charge in [-0.25, -0.2) is 8.78 Å². The van der Waals surface area contributed by atoms with Crippen molar-refractivity contribution in [1.82, 2.24) is 4.90 Å². The van der Waals surface area contributed by atoms with Crippen LogP contribution < -0.4 is 10.1 Å². The number of anilines is 1. The van der Waals surface area contributed by atoms with E-state index in [1.165, 1.54) is 29.2 Å². The van der Waals surface area contributed by atoms with Gasteiger partial charge in [-0.15, -0.1) is 0 Å². The molecule has 0 saturated carbocycles. The molecule has 7 nitrogen and oxygen atoms in total. The van der Waals surface area contributed by atoms with E-state index in [0.717, 1.165) is 12.1 Å². The van der Waals surface area contributed by atoms with Crippen LogP contribution in [0.3, 0.4) is 0 Å². The summed E-state index contributed by atoms with van der Waals surface area (Å²) >= 11 is 0. The number of nitrogens with zero attached hydrogens (tertiary/aromatic N) is 1. The molecule has 0 aliphatic carbocycles. The number of carbonyl (C=O) groups is 3. The molecule has 0 unspecified atom stereocenters. The second-order valence-electron chi connectivity index (χ2n) is 6.17. The predicted molar refractivity (Wildman–Crippen MR) is 93.9 cm³/mol. The van der Waals surface area contributed by atoms with Crippen molar-refractivity contribution in [2.24, 2.45) is 0 Å². The van der Waals surface area contributed by atoms with Crippen LogP contribution in [0.25, 0.3) is 0 Å². The maximum absolute atomic E-state index is 13.5. The minimum absolute atomic E-state index is 0.0992. The molecule has 28 heavy (non-hydrogen) atoms. The molecule has 0 saturated heterocycles. The molecule has 1 aliphatic rings. The highest BCUT2D eigenvalue weighted by Crippen LogP contribution is 2.29. The van der Waals surface area contributed by atoms with Gasteiger partial charge in [0.15, 0.2) is 18.2 Å². The second-order valence-corrected chi connectivity index (χ2v) is 6.17. The van der Waals surface area contributed by atoms with E-state index in [1.54, 1.807) is 0 Å². The lowest BCUT2D eigenvalue weighted by Crippen LogP contribution is -2.33. The molecule has 9 heteroatoms. The van der Waals surface area contributed by atoms with Crippen molar-refractivity contribution in [3.05, 3.63) is 59.2 Å². The van der Waals surface area contributed by atoms with Crippen LogP contribution in [0.4, 0.5) is 14.5 Å². The Morgan fingerprint density at radius 2 is 1.93 bits per heavy atom. The van der Waals surface area contributed by atoms with Crippen molar-refractivity contribution in [3.8, 4) is 5.75 Å². The van der Waals surface area contributed by atoms with Crippen molar-refractivity contribution < 1.29 is 33.0 Å². The summed E-state index contributed by atoms with van der Waals surface area (Å²) in [6, 6.07) is 7.64. The Labute approximate surface area is 158 Å². The number of halogens is 2. The molecule has 1 aliphatic heterocycles. The molecular formula is C19H16F2N2O5. The maximum atomic E-state index is 13.5. The third-order valence-corrected chi connectivity index (χ3v) is 4.10. The third kappa shape index (κ3) is 4.43. The number of rotatable bonds is 6. The van der Waals surface area contributed by atoms with E-state index in [2.05, 4.69) is 5.32 Å². The van der Waals surface area contributed by atoms with Crippen LogP contribution in [-0.4, -0.2) is 40.9 Å². The monoisotopic (exact) mass is 390 g/mol. The van der Waals surface area contributed by atoms with E-state index in [0.29, 0.717) is 17.0 Å². The molecule has 1 heterocycles. The zero-order valence-electron chi connectivity index (χ0n) is 14.6. The number of hydrogen-bond acceptors (Lipinski definition) is 4. The van der Waals surface area contributed by atoms with Gasteiger partial charge in [0.2, 0.25) is 0 Å². The zero-order valence-corrected chi connectivity index (χ0v) is 14.6. The minimum atomic E-state index is -1.10. The number of aliphatic carboxylic acids is 1. The number of hydrogen-bond donors (Lipinski definition) is 2. The topological polar surface area (TPSA) is 95.9 Å². The molecule has 2 aromatic rings. The lowest BCUT2D eigenvalue weighted by atomic mass is 10.1. The Kier molecular flexibility index (Phi) is 5.53. The first-order chi connectivity index (χ1) is 13.3. The molecule has 0 fully saturated rings. The number of benzene rings is 2. The standard InChI is InChI=1S/C19H16F2N2O5/c20-13-3-1-11(7-14(13)21)9-23(6-5-18(25)26)19(27)12-2-4-15-16(8-12)28-10-17(24)22-15/h1-4,7-8H,5-6,9-10H2,(H,22,24)(H,25,26). The Morgan fingerprint density at radius 1 is 1.14 bits per heavy atom. The molecule has 0 radical (unpaired) electrons. The molecule has 3 rings (SSSR count). The summed E-state index contributed by atoms with van der Waals surface area (Å²) in [5.74, 6) is -3.67. The van der Waals surface area contributed by atoms with Gasteiger partial charge in [0.25, 0.3) is 11.8 Å². The van der Waals surface area contributed by atoms with Gasteiger partial charge in [-0.2, -0.15) is 0 Å². The summed E-state index contributed by atoms with van der Waals surface area (Å²) in [6.07, 6.45) is -0.313. The van der Waals surface area contributed by atoms with E-state index >= 15 is 0 Å². The fraction of sp³-hybridized carbons (Fsp3) is 0.211. The van der Waals surface area contributed by atoms with Crippen LogP contribution in [0.1, 0.15) is 22.3 Å². The van der Waals surface area contributed by atoms with E-state index in [9.17, 15) is 23.2 Å². The average Bonchev–Trinajstić information content (AvgIpc) is 2.66. The van der Waals surface area contributed by atoms with Gasteiger partial charge in [-0.05, 0) is 35.9 Å². The molecule has 2 N–H and O–H groups in total. The van der Waals surface area contributed by atoms with Crippen LogP contribution in [0, 0.1) is 11.6 Å². The highest BCUT2D eigenvalue weighted by Gasteiger charge is 2.22. The van der Waals surface area contributed by atoms with Gasteiger partial charge in [0, 0.05) is 18.7 Å². The van der Waals surface area contributed by atoms with Crippen LogP contribution >= 0.6 is 0 Å². The second kappa shape index (κ2) is 8.03. The lowest BCUT2D eigenvalue weighted by molar-refractivity contribution is -0.137.